The second kappa shape index (κ2) is 6.29. The number of hydrogen-bond donors (Lipinski definition) is 2. The zero-order valence-corrected chi connectivity index (χ0v) is 11.5. The predicted molar refractivity (Wildman–Crippen MR) is 65.6 cm³/mol. The summed E-state index contributed by atoms with van der Waals surface area (Å²) in [5.74, 6) is -0.197. The first-order chi connectivity index (χ1) is 7.95. The first kappa shape index (κ1) is 14.4. The molecule has 0 atom stereocenters. The fraction of sp³-hybridized carbons (Fsp3) is 0.500. The van der Waals surface area contributed by atoms with E-state index < -0.39 is 10.0 Å². The highest BCUT2D eigenvalue weighted by Gasteiger charge is 2.17. The van der Waals surface area contributed by atoms with Crippen molar-refractivity contribution in [2.24, 2.45) is 0 Å². The molecule has 17 heavy (non-hydrogen) atoms. The summed E-state index contributed by atoms with van der Waals surface area (Å²) in [5.41, 5.74) is 0. The average molecular weight is 298 g/mol. The zero-order valence-electron chi connectivity index (χ0n) is 9.07. The SMILES string of the molecule is CCNC(=O)CCNS(=O)(=O)c1cnc(Cl)s1. The molecule has 0 saturated carbocycles. The van der Waals surface area contributed by atoms with Crippen molar-refractivity contribution in [2.75, 3.05) is 13.1 Å². The fourth-order valence-electron chi connectivity index (χ4n) is 1.02. The van der Waals surface area contributed by atoms with Crippen LogP contribution in [0.4, 0.5) is 0 Å². The van der Waals surface area contributed by atoms with E-state index in [-0.39, 0.29) is 27.5 Å². The third-order valence-corrected chi connectivity index (χ3v) is 4.78. The summed E-state index contributed by atoms with van der Waals surface area (Å²) < 4.78 is 25.8. The fourth-order valence-corrected chi connectivity index (χ4v) is 3.39. The number of aromatic nitrogens is 1. The normalized spacial score (nSPS) is 11.4. The standard InChI is InChI=1S/C8H12ClN3O3S2/c1-2-10-6(13)3-4-12-17(14,15)7-5-11-8(9)16-7/h5,12H,2-4H2,1H3,(H,10,13). The lowest BCUT2D eigenvalue weighted by molar-refractivity contribution is -0.120. The van der Waals surface area contributed by atoms with Crippen molar-refractivity contribution in [1.29, 1.82) is 0 Å². The van der Waals surface area contributed by atoms with Crippen molar-refractivity contribution in [2.45, 2.75) is 17.6 Å². The van der Waals surface area contributed by atoms with E-state index in [1.807, 2.05) is 0 Å². The summed E-state index contributed by atoms with van der Waals surface area (Å²) in [5, 5.41) is 2.57. The van der Waals surface area contributed by atoms with Gasteiger partial charge < -0.3 is 5.32 Å². The first-order valence-corrected chi connectivity index (χ1v) is 7.51. The molecule has 0 saturated heterocycles. The second-order valence-electron chi connectivity index (χ2n) is 3.03. The predicted octanol–water partition coefficient (Wildman–Crippen LogP) is 0.601. The van der Waals surface area contributed by atoms with Crippen LogP contribution in [0.3, 0.4) is 0 Å². The van der Waals surface area contributed by atoms with E-state index in [0.29, 0.717) is 6.54 Å². The van der Waals surface area contributed by atoms with E-state index >= 15 is 0 Å². The number of sulfonamides is 1. The minimum atomic E-state index is -3.61. The maximum absolute atomic E-state index is 11.7. The Kier molecular flexibility index (Phi) is 5.31. The molecule has 0 fully saturated rings. The monoisotopic (exact) mass is 297 g/mol. The molecule has 0 aromatic carbocycles. The van der Waals surface area contributed by atoms with Gasteiger partial charge in [0.15, 0.2) is 8.68 Å². The molecule has 1 aromatic rings. The van der Waals surface area contributed by atoms with Gasteiger partial charge in [-0.05, 0) is 6.92 Å². The minimum Gasteiger partial charge on any atom is -0.356 e. The van der Waals surface area contributed by atoms with Gasteiger partial charge in [-0.1, -0.05) is 22.9 Å². The summed E-state index contributed by atoms with van der Waals surface area (Å²) in [4.78, 5) is 14.7. The van der Waals surface area contributed by atoms with Gasteiger partial charge in [0.05, 0.1) is 6.20 Å². The molecule has 96 valence electrons. The van der Waals surface area contributed by atoms with Gasteiger partial charge >= 0.3 is 0 Å². The maximum Gasteiger partial charge on any atom is 0.251 e. The minimum absolute atomic E-state index is 0.0402. The molecular weight excluding hydrogens is 286 g/mol. The van der Waals surface area contributed by atoms with Crippen LogP contribution in [0.5, 0.6) is 0 Å². The molecule has 0 spiro atoms. The van der Waals surface area contributed by atoms with Crippen LogP contribution >= 0.6 is 22.9 Å². The van der Waals surface area contributed by atoms with Gasteiger partial charge in [-0.3, -0.25) is 4.79 Å². The van der Waals surface area contributed by atoms with Crippen LogP contribution in [-0.4, -0.2) is 32.4 Å². The number of nitrogens with zero attached hydrogens (tertiary/aromatic N) is 1. The number of thiazole rings is 1. The van der Waals surface area contributed by atoms with Crippen molar-refractivity contribution < 1.29 is 13.2 Å². The summed E-state index contributed by atoms with van der Waals surface area (Å²) in [7, 11) is -3.61. The summed E-state index contributed by atoms with van der Waals surface area (Å²) in [6, 6.07) is 0. The number of hydrogen-bond acceptors (Lipinski definition) is 5. The molecule has 1 heterocycles. The molecule has 0 bridgehead atoms. The lowest BCUT2D eigenvalue weighted by atomic mass is 10.4. The third-order valence-electron chi connectivity index (χ3n) is 1.74. The molecule has 0 aliphatic rings. The number of carbonyl (C=O) groups is 1. The topological polar surface area (TPSA) is 88.2 Å². The Balaban J connectivity index is 2.49. The Morgan fingerprint density at radius 2 is 2.29 bits per heavy atom. The number of nitrogens with one attached hydrogen (secondary N) is 2. The molecule has 1 rings (SSSR count). The average Bonchev–Trinajstić information content (AvgIpc) is 2.65. The quantitative estimate of drug-likeness (QED) is 0.805. The number of halogens is 1. The highest BCUT2D eigenvalue weighted by atomic mass is 35.5. The van der Waals surface area contributed by atoms with Crippen molar-refractivity contribution in [3.05, 3.63) is 10.7 Å². The number of carbonyl (C=O) groups excluding carboxylic acids is 1. The molecule has 2 N–H and O–H groups in total. The second-order valence-corrected chi connectivity index (χ2v) is 6.64. The van der Waals surface area contributed by atoms with E-state index in [9.17, 15) is 13.2 Å². The Labute approximate surface area is 108 Å². The van der Waals surface area contributed by atoms with E-state index in [2.05, 4.69) is 15.0 Å². The molecule has 6 nitrogen and oxygen atoms in total. The van der Waals surface area contributed by atoms with Crippen LogP contribution in [0.1, 0.15) is 13.3 Å². The molecular formula is C8H12ClN3O3S2. The summed E-state index contributed by atoms with van der Waals surface area (Å²) in [6.07, 6.45) is 1.28. The van der Waals surface area contributed by atoms with Crippen LogP contribution < -0.4 is 10.0 Å². The smallest absolute Gasteiger partial charge is 0.251 e. The Hall–Kier alpha value is -0.700. The Morgan fingerprint density at radius 3 is 2.82 bits per heavy atom. The van der Waals surface area contributed by atoms with Crippen LogP contribution in [0.15, 0.2) is 10.4 Å². The van der Waals surface area contributed by atoms with E-state index in [1.165, 1.54) is 6.20 Å². The summed E-state index contributed by atoms with van der Waals surface area (Å²) >= 11 is 6.41. The van der Waals surface area contributed by atoms with Gasteiger partial charge in [0.25, 0.3) is 10.0 Å². The van der Waals surface area contributed by atoms with Gasteiger partial charge in [0, 0.05) is 19.5 Å². The molecule has 0 unspecified atom stereocenters. The molecule has 0 aliphatic heterocycles. The largest absolute Gasteiger partial charge is 0.356 e. The maximum atomic E-state index is 11.7. The summed E-state index contributed by atoms with van der Waals surface area (Å²) in [6.45, 7) is 2.36. The molecule has 1 amide bonds. The number of amides is 1. The van der Waals surface area contributed by atoms with E-state index in [4.69, 9.17) is 11.6 Å². The van der Waals surface area contributed by atoms with Crippen molar-refractivity contribution in [1.82, 2.24) is 15.0 Å². The number of rotatable bonds is 6. The lowest BCUT2D eigenvalue weighted by Crippen LogP contribution is -2.30. The van der Waals surface area contributed by atoms with Crippen molar-refractivity contribution in [3.63, 3.8) is 0 Å². The van der Waals surface area contributed by atoms with Gasteiger partial charge in [0.2, 0.25) is 5.91 Å². The Bertz CT molecular complexity index is 486. The third kappa shape index (κ3) is 4.58. The van der Waals surface area contributed by atoms with Crippen molar-refractivity contribution >= 4 is 38.9 Å². The van der Waals surface area contributed by atoms with Crippen LogP contribution in [0.2, 0.25) is 4.47 Å². The molecule has 0 radical (unpaired) electrons. The van der Waals surface area contributed by atoms with Crippen molar-refractivity contribution in [3.8, 4) is 0 Å². The van der Waals surface area contributed by atoms with Crippen LogP contribution in [0, 0.1) is 0 Å². The van der Waals surface area contributed by atoms with Gasteiger partial charge in [-0.25, -0.2) is 18.1 Å². The van der Waals surface area contributed by atoms with E-state index in [1.54, 1.807) is 6.92 Å². The highest BCUT2D eigenvalue weighted by molar-refractivity contribution is 7.91. The molecule has 0 aliphatic carbocycles. The zero-order chi connectivity index (χ0) is 12.9. The lowest BCUT2D eigenvalue weighted by Gasteiger charge is -2.04. The van der Waals surface area contributed by atoms with Crippen LogP contribution in [-0.2, 0) is 14.8 Å². The Morgan fingerprint density at radius 1 is 1.59 bits per heavy atom. The molecule has 9 heteroatoms. The van der Waals surface area contributed by atoms with Gasteiger partial charge in [-0.15, -0.1) is 0 Å². The molecule has 1 aromatic heterocycles. The highest BCUT2D eigenvalue weighted by Crippen LogP contribution is 2.21. The first-order valence-electron chi connectivity index (χ1n) is 4.83. The van der Waals surface area contributed by atoms with Gasteiger partial charge in [0.1, 0.15) is 0 Å². The van der Waals surface area contributed by atoms with E-state index in [0.717, 1.165) is 11.3 Å². The van der Waals surface area contributed by atoms with Gasteiger partial charge in [-0.2, -0.15) is 0 Å². The van der Waals surface area contributed by atoms with Crippen LogP contribution in [0.25, 0.3) is 0 Å².